The zero-order valence-corrected chi connectivity index (χ0v) is 22.2. The van der Waals surface area contributed by atoms with E-state index in [1.54, 1.807) is 6.08 Å². The van der Waals surface area contributed by atoms with E-state index >= 15 is 0 Å². The van der Waals surface area contributed by atoms with Gasteiger partial charge in [-0.25, -0.2) is 9.59 Å². The van der Waals surface area contributed by atoms with Crippen molar-refractivity contribution < 1.29 is 24.6 Å². The van der Waals surface area contributed by atoms with Crippen molar-refractivity contribution in [2.75, 3.05) is 31.6 Å². The van der Waals surface area contributed by atoms with E-state index in [1.165, 1.54) is 22.5 Å². The van der Waals surface area contributed by atoms with Gasteiger partial charge in [0.2, 0.25) is 0 Å². The number of allylic oxidation sites excluding steroid dienone is 1. The van der Waals surface area contributed by atoms with Crippen LogP contribution in [-0.2, 0) is 27.2 Å². The summed E-state index contributed by atoms with van der Waals surface area (Å²) in [6, 6.07) is 15.0. The molecule has 1 heterocycles. The van der Waals surface area contributed by atoms with Crippen LogP contribution in [-0.4, -0.2) is 59.5 Å². The first kappa shape index (κ1) is 29.8. The molecular weight excluding hydrogens is 492 g/mol. The summed E-state index contributed by atoms with van der Waals surface area (Å²) in [6.45, 7) is 4.70. The van der Waals surface area contributed by atoms with Crippen molar-refractivity contribution in [2.24, 2.45) is 0 Å². The van der Waals surface area contributed by atoms with E-state index in [4.69, 9.17) is 21.8 Å². The van der Waals surface area contributed by atoms with E-state index in [2.05, 4.69) is 53.2 Å². The number of halogens is 1. The molecule has 0 saturated carbocycles. The second-order valence-corrected chi connectivity index (χ2v) is 9.19. The molecule has 1 aliphatic rings. The first-order valence-electron chi connectivity index (χ1n) is 12.4. The van der Waals surface area contributed by atoms with Crippen LogP contribution in [0.2, 0.25) is 5.02 Å². The summed E-state index contributed by atoms with van der Waals surface area (Å²) in [7, 11) is 2.11. The summed E-state index contributed by atoms with van der Waals surface area (Å²) in [6.07, 6.45) is 9.68. The van der Waals surface area contributed by atoms with Crippen molar-refractivity contribution in [3.05, 3.63) is 82.9 Å². The van der Waals surface area contributed by atoms with Gasteiger partial charge >= 0.3 is 11.9 Å². The first-order chi connectivity index (χ1) is 17.7. The number of fused-ring (bicyclic) bond motifs is 2. The second-order valence-electron chi connectivity index (χ2n) is 8.75. The van der Waals surface area contributed by atoms with Crippen molar-refractivity contribution in [3.63, 3.8) is 0 Å². The number of carbonyl (C=O) groups excluding carboxylic acids is 1. The largest absolute Gasteiger partial charge is 0.478 e. The molecule has 0 radical (unpaired) electrons. The quantitative estimate of drug-likeness (QED) is 0.293. The zero-order chi connectivity index (χ0) is 27.2. The van der Waals surface area contributed by atoms with E-state index in [9.17, 15) is 14.4 Å². The summed E-state index contributed by atoms with van der Waals surface area (Å²) < 4.78 is 0. The van der Waals surface area contributed by atoms with Crippen molar-refractivity contribution in [1.29, 1.82) is 0 Å². The second kappa shape index (κ2) is 15.6. The summed E-state index contributed by atoms with van der Waals surface area (Å²) >= 11 is 6.34. The Balaban J connectivity index is 0.000000521. The Kier molecular flexibility index (Phi) is 12.6. The van der Waals surface area contributed by atoms with Crippen LogP contribution in [0.3, 0.4) is 0 Å². The van der Waals surface area contributed by atoms with Gasteiger partial charge in [0.15, 0.2) is 5.78 Å². The van der Waals surface area contributed by atoms with Crippen LogP contribution in [0, 0.1) is 0 Å². The van der Waals surface area contributed by atoms with Crippen LogP contribution < -0.4 is 4.90 Å². The van der Waals surface area contributed by atoms with E-state index in [1.807, 2.05) is 19.1 Å². The fourth-order valence-corrected chi connectivity index (χ4v) is 4.16. The lowest BCUT2D eigenvalue weighted by Gasteiger charge is -2.27. The van der Waals surface area contributed by atoms with Gasteiger partial charge in [0.1, 0.15) is 0 Å². The van der Waals surface area contributed by atoms with Gasteiger partial charge < -0.3 is 20.0 Å². The average Bonchev–Trinajstić information content (AvgIpc) is 3.02. The molecule has 0 unspecified atom stereocenters. The molecule has 2 aromatic rings. The highest BCUT2D eigenvalue weighted by molar-refractivity contribution is 6.30. The van der Waals surface area contributed by atoms with Gasteiger partial charge in [-0.15, -0.1) is 0 Å². The Morgan fingerprint density at radius 3 is 2.24 bits per heavy atom. The molecule has 37 heavy (non-hydrogen) atoms. The number of anilines is 2. The molecule has 2 N–H and O–H groups in total. The maximum Gasteiger partial charge on any atom is 0.328 e. The van der Waals surface area contributed by atoms with Crippen LogP contribution in [0.5, 0.6) is 0 Å². The number of benzene rings is 2. The average molecular weight is 527 g/mol. The Bertz CT molecular complexity index is 1110. The number of carboxylic acids is 2. The molecule has 0 spiro atoms. The predicted molar refractivity (Wildman–Crippen MR) is 148 cm³/mol. The van der Waals surface area contributed by atoms with Gasteiger partial charge in [0.05, 0.1) is 0 Å². The first-order valence-corrected chi connectivity index (χ1v) is 12.7. The number of hydrogen-bond acceptors (Lipinski definition) is 5. The van der Waals surface area contributed by atoms with Crippen LogP contribution in [0.1, 0.15) is 37.3 Å². The Morgan fingerprint density at radius 1 is 0.946 bits per heavy atom. The van der Waals surface area contributed by atoms with Gasteiger partial charge in [0.25, 0.3) is 0 Å². The third kappa shape index (κ3) is 10.6. The van der Waals surface area contributed by atoms with Crippen molar-refractivity contribution >= 4 is 40.7 Å². The van der Waals surface area contributed by atoms with E-state index in [0.717, 1.165) is 50.3 Å². The SMILES string of the molecule is CCC(=O)/C=C/CN(C)CCCCN1c2ccccc2CCc2ccc(Cl)cc21.O=C(O)/C=C\C(=O)O. The number of carbonyl (C=O) groups is 3. The van der Waals surface area contributed by atoms with Gasteiger partial charge in [-0.3, -0.25) is 4.79 Å². The summed E-state index contributed by atoms with van der Waals surface area (Å²) in [5, 5.41) is 16.4. The number of carboxylic acid groups (broad SMARTS) is 2. The molecule has 8 heteroatoms. The number of rotatable bonds is 11. The predicted octanol–water partition coefficient (Wildman–Crippen LogP) is 5.54. The van der Waals surface area contributed by atoms with Crippen LogP contribution >= 0.6 is 11.6 Å². The summed E-state index contributed by atoms with van der Waals surface area (Å²) in [5.74, 6) is -2.32. The van der Waals surface area contributed by atoms with Crippen molar-refractivity contribution in [1.82, 2.24) is 4.90 Å². The number of nitrogens with zero attached hydrogens (tertiary/aromatic N) is 2. The molecule has 0 saturated heterocycles. The lowest BCUT2D eigenvalue weighted by molar-refractivity contribution is -0.134. The van der Waals surface area contributed by atoms with E-state index in [-0.39, 0.29) is 5.78 Å². The molecule has 0 fully saturated rings. The molecule has 0 aliphatic carbocycles. The minimum absolute atomic E-state index is 0.190. The highest BCUT2D eigenvalue weighted by atomic mass is 35.5. The number of aliphatic carboxylic acids is 2. The number of hydrogen-bond donors (Lipinski definition) is 2. The van der Waals surface area contributed by atoms with Gasteiger partial charge in [-0.1, -0.05) is 48.9 Å². The van der Waals surface area contributed by atoms with Gasteiger partial charge in [0, 0.05) is 48.1 Å². The van der Waals surface area contributed by atoms with Crippen molar-refractivity contribution in [3.8, 4) is 0 Å². The molecule has 0 bridgehead atoms. The summed E-state index contributed by atoms with van der Waals surface area (Å²) in [5.41, 5.74) is 5.33. The summed E-state index contributed by atoms with van der Waals surface area (Å²) in [4.78, 5) is 35.2. The minimum Gasteiger partial charge on any atom is -0.478 e. The minimum atomic E-state index is -1.26. The molecule has 0 aromatic heterocycles. The highest BCUT2D eigenvalue weighted by Gasteiger charge is 2.20. The molecule has 198 valence electrons. The van der Waals surface area contributed by atoms with Crippen LogP contribution in [0.4, 0.5) is 11.4 Å². The lowest BCUT2D eigenvalue weighted by atomic mass is 10.0. The van der Waals surface area contributed by atoms with Crippen molar-refractivity contribution in [2.45, 2.75) is 39.0 Å². The normalized spacial score (nSPS) is 12.6. The Hall–Kier alpha value is -3.42. The van der Waals surface area contributed by atoms with Gasteiger partial charge in [-0.2, -0.15) is 0 Å². The Labute approximate surface area is 223 Å². The monoisotopic (exact) mass is 526 g/mol. The number of likely N-dealkylation sites (N-methyl/N-ethyl adjacent to an activating group) is 1. The lowest BCUT2D eigenvalue weighted by Crippen LogP contribution is -2.23. The molecule has 7 nitrogen and oxygen atoms in total. The third-order valence-corrected chi connectivity index (χ3v) is 6.13. The molecule has 1 aliphatic heterocycles. The molecular formula is C29H35ClN2O5. The fourth-order valence-electron chi connectivity index (χ4n) is 3.99. The fraction of sp³-hybridized carbons (Fsp3) is 0.345. The zero-order valence-electron chi connectivity index (χ0n) is 21.4. The molecule has 2 aromatic carbocycles. The number of unbranched alkanes of at least 4 members (excludes halogenated alkanes) is 1. The smallest absolute Gasteiger partial charge is 0.328 e. The molecule has 0 amide bonds. The maximum absolute atomic E-state index is 11.4. The van der Waals surface area contributed by atoms with E-state index < -0.39 is 11.9 Å². The number of ketones is 1. The van der Waals surface area contributed by atoms with Gasteiger partial charge in [-0.05, 0) is 74.7 Å². The van der Waals surface area contributed by atoms with Crippen LogP contribution in [0.25, 0.3) is 0 Å². The Morgan fingerprint density at radius 2 is 1.59 bits per heavy atom. The maximum atomic E-state index is 11.4. The third-order valence-electron chi connectivity index (χ3n) is 5.89. The highest BCUT2D eigenvalue weighted by Crippen LogP contribution is 2.37. The number of para-hydroxylation sites is 1. The standard InChI is InChI=1S/C25H31ClN2O.C4H4O4/c1-3-23(29)10-8-17-27(2)16-6-7-18-28-24-11-5-4-9-20(24)12-13-21-14-15-22(26)19-25(21)28;5-3(6)1-2-4(7)8/h4-5,8-11,14-15,19H,3,6-7,12-13,16-18H2,1-2H3;1-2H,(H,5,6)(H,7,8)/b10-8+;2-1-. The molecule has 3 rings (SSSR count). The van der Waals surface area contributed by atoms with E-state index in [0.29, 0.717) is 18.6 Å². The molecule has 0 atom stereocenters. The van der Waals surface area contributed by atoms with Crippen LogP contribution in [0.15, 0.2) is 66.8 Å². The number of aryl methyl sites for hydroxylation is 2. The topological polar surface area (TPSA) is 98.2 Å².